The van der Waals surface area contributed by atoms with Crippen LogP contribution in [0.2, 0.25) is 0 Å². The Balaban J connectivity index is 2.35. The first-order valence-corrected chi connectivity index (χ1v) is 6.09. The predicted molar refractivity (Wildman–Crippen MR) is 72.9 cm³/mol. The van der Waals surface area contributed by atoms with Gasteiger partial charge in [0, 0.05) is 11.8 Å². The van der Waals surface area contributed by atoms with Crippen molar-refractivity contribution in [2.45, 2.75) is 13.5 Å². The van der Waals surface area contributed by atoms with E-state index in [0.717, 1.165) is 6.07 Å². The molecular weight excluding hydrogens is 279 g/mol. The summed E-state index contributed by atoms with van der Waals surface area (Å²) in [4.78, 5) is 36.4. The fourth-order valence-electron chi connectivity index (χ4n) is 1.87. The fourth-order valence-corrected chi connectivity index (χ4v) is 1.87. The van der Waals surface area contributed by atoms with Crippen LogP contribution in [0.4, 0.5) is 4.39 Å². The molecule has 0 fully saturated rings. The zero-order valence-electron chi connectivity index (χ0n) is 11.5. The van der Waals surface area contributed by atoms with Crippen molar-refractivity contribution in [3.63, 3.8) is 0 Å². The number of aromatic amines is 1. The maximum atomic E-state index is 13.8. The van der Waals surface area contributed by atoms with Crippen molar-refractivity contribution >= 4 is 5.97 Å². The van der Waals surface area contributed by atoms with Gasteiger partial charge in [0.2, 0.25) is 0 Å². The van der Waals surface area contributed by atoms with Gasteiger partial charge in [-0.15, -0.1) is 0 Å². The summed E-state index contributed by atoms with van der Waals surface area (Å²) in [6.45, 7) is 1.64. The SMILES string of the molecule is COC(=O)c1ccc(Cn2cc(C)c(=O)[nH]c2=O)cc1F. The second-order valence-corrected chi connectivity index (χ2v) is 4.51. The summed E-state index contributed by atoms with van der Waals surface area (Å²) >= 11 is 0. The van der Waals surface area contributed by atoms with Crippen molar-refractivity contribution in [2.75, 3.05) is 7.11 Å². The third-order valence-corrected chi connectivity index (χ3v) is 2.98. The highest BCUT2D eigenvalue weighted by molar-refractivity contribution is 5.89. The summed E-state index contributed by atoms with van der Waals surface area (Å²) in [5.74, 6) is -1.50. The van der Waals surface area contributed by atoms with Crippen molar-refractivity contribution in [1.82, 2.24) is 9.55 Å². The predicted octanol–water partition coefficient (Wildman–Crippen LogP) is 0.819. The molecule has 1 aromatic carbocycles. The molecule has 0 spiro atoms. The van der Waals surface area contributed by atoms with Crippen LogP contribution in [0.25, 0.3) is 0 Å². The molecule has 7 heteroatoms. The van der Waals surface area contributed by atoms with E-state index in [4.69, 9.17) is 0 Å². The number of carbonyl (C=O) groups excluding carboxylic acids is 1. The molecule has 2 rings (SSSR count). The minimum Gasteiger partial charge on any atom is -0.465 e. The molecule has 6 nitrogen and oxygen atoms in total. The number of esters is 1. The van der Waals surface area contributed by atoms with Crippen molar-refractivity contribution in [3.05, 3.63) is 67.7 Å². The molecule has 0 aliphatic carbocycles. The van der Waals surface area contributed by atoms with Gasteiger partial charge in [0.05, 0.1) is 19.2 Å². The molecule has 1 aromatic heterocycles. The number of H-pyrrole nitrogens is 1. The van der Waals surface area contributed by atoms with Crippen LogP contribution in [0.3, 0.4) is 0 Å². The van der Waals surface area contributed by atoms with Gasteiger partial charge in [-0.3, -0.25) is 14.3 Å². The van der Waals surface area contributed by atoms with E-state index in [1.807, 2.05) is 0 Å². The maximum Gasteiger partial charge on any atom is 0.340 e. The molecule has 0 aliphatic heterocycles. The summed E-state index contributed by atoms with van der Waals surface area (Å²) < 4.78 is 19.5. The largest absolute Gasteiger partial charge is 0.465 e. The lowest BCUT2D eigenvalue weighted by atomic mass is 10.1. The third-order valence-electron chi connectivity index (χ3n) is 2.98. The lowest BCUT2D eigenvalue weighted by Gasteiger charge is -2.08. The Bertz CT molecular complexity index is 807. The zero-order chi connectivity index (χ0) is 15.6. The van der Waals surface area contributed by atoms with E-state index in [1.54, 1.807) is 6.92 Å². The van der Waals surface area contributed by atoms with E-state index in [-0.39, 0.29) is 12.1 Å². The van der Waals surface area contributed by atoms with Gasteiger partial charge in [0.1, 0.15) is 5.82 Å². The van der Waals surface area contributed by atoms with Crippen LogP contribution in [-0.4, -0.2) is 22.6 Å². The molecule has 110 valence electrons. The Morgan fingerprint density at radius 2 is 2.10 bits per heavy atom. The second kappa shape index (κ2) is 5.74. The first kappa shape index (κ1) is 14.7. The number of halogens is 1. The lowest BCUT2D eigenvalue weighted by molar-refractivity contribution is 0.0595. The first-order valence-electron chi connectivity index (χ1n) is 6.09. The van der Waals surface area contributed by atoms with E-state index in [1.165, 1.54) is 30.0 Å². The van der Waals surface area contributed by atoms with Crippen LogP contribution in [0, 0.1) is 12.7 Å². The Kier molecular flexibility index (Phi) is 4.02. The molecule has 1 N–H and O–H groups in total. The third kappa shape index (κ3) is 3.07. The molecular formula is C14H13FN2O4. The molecule has 0 radical (unpaired) electrons. The Hall–Kier alpha value is -2.70. The molecule has 0 saturated heterocycles. The number of nitrogens with zero attached hydrogens (tertiary/aromatic N) is 1. The van der Waals surface area contributed by atoms with Crippen molar-refractivity contribution in [2.24, 2.45) is 0 Å². The van der Waals surface area contributed by atoms with Crippen LogP contribution in [0.15, 0.2) is 34.0 Å². The number of nitrogens with one attached hydrogen (secondary N) is 1. The Labute approximate surface area is 118 Å². The van der Waals surface area contributed by atoms with E-state index in [2.05, 4.69) is 9.72 Å². The van der Waals surface area contributed by atoms with E-state index < -0.39 is 23.0 Å². The average molecular weight is 292 g/mol. The summed E-state index contributed by atoms with van der Waals surface area (Å²) in [5.41, 5.74) is -0.354. The van der Waals surface area contributed by atoms with Crippen LogP contribution < -0.4 is 11.2 Å². The molecule has 0 unspecified atom stereocenters. The molecule has 0 aliphatic rings. The first-order chi connectivity index (χ1) is 9.92. The molecule has 21 heavy (non-hydrogen) atoms. The highest BCUT2D eigenvalue weighted by atomic mass is 19.1. The van der Waals surface area contributed by atoms with E-state index in [0.29, 0.717) is 11.1 Å². The average Bonchev–Trinajstić information content (AvgIpc) is 2.44. The van der Waals surface area contributed by atoms with Crippen molar-refractivity contribution < 1.29 is 13.9 Å². The number of benzene rings is 1. The maximum absolute atomic E-state index is 13.8. The Morgan fingerprint density at radius 1 is 1.38 bits per heavy atom. The number of aryl methyl sites for hydroxylation is 1. The topological polar surface area (TPSA) is 81.2 Å². The molecule has 0 amide bonds. The van der Waals surface area contributed by atoms with Gasteiger partial charge < -0.3 is 4.74 Å². The van der Waals surface area contributed by atoms with Gasteiger partial charge in [0.25, 0.3) is 5.56 Å². The van der Waals surface area contributed by atoms with Crippen LogP contribution in [0.5, 0.6) is 0 Å². The van der Waals surface area contributed by atoms with Gasteiger partial charge in [0.15, 0.2) is 0 Å². The summed E-state index contributed by atoms with van der Waals surface area (Å²) in [6, 6.07) is 3.96. The van der Waals surface area contributed by atoms with Crippen molar-refractivity contribution in [1.29, 1.82) is 0 Å². The van der Waals surface area contributed by atoms with Crippen molar-refractivity contribution in [3.8, 4) is 0 Å². The number of aromatic nitrogens is 2. The van der Waals surface area contributed by atoms with Gasteiger partial charge >= 0.3 is 11.7 Å². The number of methoxy groups -OCH3 is 1. The second-order valence-electron chi connectivity index (χ2n) is 4.51. The van der Waals surface area contributed by atoms with E-state index in [9.17, 15) is 18.8 Å². The molecule has 1 heterocycles. The lowest BCUT2D eigenvalue weighted by Crippen LogP contribution is -2.31. The van der Waals surface area contributed by atoms with E-state index >= 15 is 0 Å². The normalized spacial score (nSPS) is 10.4. The number of hydrogen-bond acceptors (Lipinski definition) is 4. The quantitative estimate of drug-likeness (QED) is 0.849. The standard InChI is InChI=1S/C14H13FN2O4/c1-8-6-17(14(20)16-12(8)18)7-9-3-4-10(11(15)5-9)13(19)21-2/h3-6H,7H2,1-2H3,(H,16,18,20). The molecule has 0 bridgehead atoms. The van der Waals surface area contributed by atoms with Gasteiger partial charge in [-0.1, -0.05) is 6.07 Å². The highest BCUT2D eigenvalue weighted by Gasteiger charge is 2.12. The number of rotatable bonds is 3. The fraction of sp³-hybridized carbons (Fsp3) is 0.214. The van der Waals surface area contributed by atoms with Crippen LogP contribution in [-0.2, 0) is 11.3 Å². The zero-order valence-corrected chi connectivity index (χ0v) is 11.5. The summed E-state index contributed by atoms with van der Waals surface area (Å²) in [5, 5.41) is 0. The number of ether oxygens (including phenoxy) is 1. The molecule has 0 atom stereocenters. The Morgan fingerprint density at radius 3 is 2.71 bits per heavy atom. The number of hydrogen-bond donors (Lipinski definition) is 1. The highest BCUT2D eigenvalue weighted by Crippen LogP contribution is 2.12. The van der Waals surface area contributed by atoms with Crippen LogP contribution in [0.1, 0.15) is 21.5 Å². The summed E-state index contributed by atoms with van der Waals surface area (Å²) in [6.07, 6.45) is 1.40. The van der Waals surface area contributed by atoms with Gasteiger partial charge in [-0.2, -0.15) is 0 Å². The minimum absolute atomic E-state index is 0.0782. The summed E-state index contributed by atoms with van der Waals surface area (Å²) in [7, 11) is 1.17. The molecule has 2 aromatic rings. The molecule has 0 saturated carbocycles. The van der Waals surface area contributed by atoms with Gasteiger partial charge in [-0.05, 0) is 24.6 Å². The smallest absolute Gasteiger partial charge is 0.340 e. The van der Waals surface area contributed by atoms with Gasteiger partial charge in [-0.25, -0.2) is 14.0 Å². The van der Waals surface area contributed by atoms with Crippen LogP contribution >= 0.6 is 0 Å². The monoisotopic (exact) mass is 292 g/mol. The number of carbonyl (C=O) groups is 1. The minimum atomic E-state index is -0.767.